The van der Waals surface area contributed by atoms with Gasteiger partial charge in [-0.3, -0.25) is 14.6 Å². The molecule has 0 bridgehead atoms. The summed E-state index contributed by atoms with van der Waals surface area (Å²) >= 11 is 0. The lowest BCUT2D eigenvalue weighted by Crippen LogP contribution is -2.38. The van der Waals surface area contributed by atoms with Crippen LogP contribution in [0.2, 0.25) is 0 Å². The number of pyridine rings is 1. The monoisotopic (exact) mass is 379 g/mol. The van der Waals surface area contributed by atoms with E-state index in [1.54, 1.807) is 24.5 Å². The zero-order chi connectivity index (χ0) is 19.6. The van der Waals surface area contributed by atoms with E-state index >= 15 is 0 Å². The summed E-state index contributed by atoms with van der Waals surface area (Å²) in [5.41, 5.74) is 1.51. The Morgan fingerprint density at radius 1 is 1.25 bits per heavy atom. The highest BCUT2D eigenvalue weighted by Gasteiger charge is 2.23. The average molecular weight is 379 g/mol. The lowest BCUT2D eigenvalue weighted by atomic mass is 9.93. The van der Waals surface area contributed by atoms with E-state index in [0.717, 1.165) is 37.9 Å². The molecule has 6 heteroatoms. The number of amides is 2. The maximum atomic E-state index is 12.3. The van der Waals surface area contributed by atoms with Gasteiger partial charge in [0.15, 0.2) is 0 Å². The minimum absolute atomic E-state index is 0.0461. The number of furan rings is 1. The van der Waals surface area contributed by atoms with Crippen molar-refractivity contribution in [3.8, 4) is 0 Å². The van der Waals surface area contributed by atoms with Gasteiger partial charge < -0.3 is 14.6 Å². The molecule has 0 aliphatic carbocycles. The highest BCUT2D eigenvalue weighted by atomic mass is 16.3. The lowest BCUT2D eigenvalue weighted by Gasteiger charge is -2.31. The molecule has 0 atom stereocenters. The van der Waals surface area contributed by atoms with Crippen molar-refractivity contribution in [1.82, 2.24) is 15.2 Å². The topological polar surface area (TPSA) is 75.4 Å². The van der Waals surface area contributed by atoms with E-state index in [9.17, 15) is 9.59 Å². The summed E-state index contributed by atoms with van der Waals surface area (Å²) in [5, 5.41) is 2.83. The van der Waals surface area contributed by atoms with Crippen molar-refractivity contribution in [2.45, 2.75) is 19.3 Å². The number of rotatable bonds is 7. The Labute approximate surface area is 164 Å². The molecule has 6 nitrogen and oxygen atoms in total. The van der Waals surface area contributed by atoms with Gasteiger partial charge in [-0.05, 0) is 49.0 Å². The molecule has 0 aromatic carbocycles. The van der Waals surface area contributed by atoms with Crippen molar-refractivity contribution >= 4 is 17.9 Å². The first-order chi connectivity index (χ1) is 13.7. The summed E-state index contributed by atoms with van der Waals surface area (Å²) in [6, 6.07) is 5.43. The fourth-order valence-corrected chi connectivity index (χ4v) is 3.18. The number of piperidine rings is 1. The number of allylic oxidation sites excluding steroid dienone is 1. The van der Waals surface area contributed by atoms with Crippen LogP contribution in [0.15, 0.2) is 65.8 Å². The van der Waals surface area contributed by atoms with Crippen molar-refractivity contribution in [3.05, 3.63) is 72.5 Å². The van der Waals surface area contributed by atoms with Gasteiger partial charge in [-0.2, -0.15) is 0 Å². The van der Waals surface area contributed by atoms with Gasteiger partial charge in [0.2, 0.25) is 5.91 Å². The Bertz CT molecular complexity index is 805. The maximum absolute atomic E-state index is 12.3. The van der Waals surface area contributed by atoms with E-state index in [0.29, 0.717) is 18.0 Å². The number of nitrogens with one attached hydrogen (secondary N) is 1. The Kier molecular flexibility index (Phi) is 7.18. The summed E-state index contributed by atoms with van der Waals surface area (Å²) in [6.45, 7) is 2.06. The number of carbonyl (C=O) groups is 2. The second kappa shape index (κ2) is 10.3. The number of aromatic nitrogens is 1. The van der Waals surface area contributed by atoms with Gasteiger partial charge in [-0.25, -0.2) is 0 Å². The van der Waals surface area contributed by atoms with Crippen molar-refractivity contribution < 1.29 is 14.0 Å². The summed E-state index contributed by atoms with van der Waals surface area (Å²) in [4.78, 5) is 29.9. The molecule has 1 saturated heterocycles. The highest BCUT2D eigenvalue weighted by Crippen LogP contribution is 2.22. The second-order valence-corrected chi connectivity index (χ2v) is 6.82. The van der Waals surface area contributed by atoms with Gasteiger partial charge in [0.25, 0.3) is 5.91 Å². The molecule has 0 spiro atoms. The minimum Gasteiger partial charge on any atom is -0.472 e. The van der Waals surface area contributed by atoms with Crippen molar-refractivity contribution in [1.29, 1.82) is 0 Å². The third kappa shape index (κ3) is 5.94. The van der Waals surface area contributed by atoms with E-state index < -0.39 is 0 Å². The first-order valence-electron chi connectivity index (χ1n) is 9.55. The molecular weight excluding hydrogens is 354 g/mol. The minimum atomic E-state index is -0.125. The smallest absolute Gasteiger partial charge is 0.257 e. The van der Waals surface area contributed by atoms with Crippen LogP contribution in [0.4, 0.5) is 0 Å². The molecule has 1 aliphatic heterocycles. The predicted octanol–water partition coefficient (Wildman–Crippen LogP) is 3.30. The summed E-state index contributed by atoms with van der Waals surface area (Å²) in [6.07, 6.45) is 16.7. The van der Waals surface area contributed by atoms with Crippen molar-refractivity contribution in [2.24, 2.45) is 5.92 Å². The maximum Gasteiger partial charge on any atom is 0.257 e. The number of carbonyl (C=O) groups excluding carboxylic acids is 2. The molecular formula is C22H25N3O3. The standard InChI is InChI=1S/C22H25N3O3/c26-21(7-6-19-5-3-11-23-16-19)24-12-2-1-4-18-8-13-25(14-9-18)22(27)20-10-15-28-17-20/h1-3,5-7,10-11,15-18H,4,8-9,12-14H2,(H,24,26)/b2-1+,7-6+. The number of hydrogen-bond donors (Lipinski definition) is 1. The van der Waals surface area contributed by atoms with Crippen LogP contribution < -0.4 is 5.32 Å². The zero-order valence-electron chi connectivity index (χ0n) is 15.8. The van der Waals surface area contributed by atoms with Gasteiger partial charge in [-0.15, -0.1) is 0 Å². The largest absolute Gasteiger partial charge is 0.472 e. The molecule has 2 aromatic rings. The fraction of sp³-hybridized carbons (Fsp3) is 0.318. The average Bonchev–Trinajstić information content (AvgIpc) is 3.28. The SMILES string of the molecule is O=C(/C=C/c1cccnc1)NC/C=C/CC1CCN(C(=O)c2ccoc2)CC1. The van der Waals surface area contributed by atoms with Gasteiger partial charge in [-0.1, -0.05) is 18.2 Å². The summed E-state index contributed by atoms with van der Waals surface area (Å²) < 4.78 is 4.98. The molecule has 146 valence electrons. The Balaban J connectivity index is 1.31. The third-order valence-electron chi connectivity index (χ3n) is 4.81. The second-order valence-electron chi connectivity index (χ2n) is 6.82. The Hall–Kier alpha value is -3.15. The van der Waals surface area contributed by atoms with E-state index in [1.807, 2.05) is 23.1 Å². The van der Waals surface area contributed by atoms with Gasteiger partial charge in [0, 0.05) is 38.1 Å². The Morgan fingerprint density at radius 3 is 2.82 bits per heavy atom. The predicted molar refractivity (Wildman–Crippen MR) is 107 cm³/mol. The molecule has 1 aliphatic rings. The van der Waals surface area contributed by atoms with Crippen LogP contribution in [-0.2, 0) is 4.79 Å². The highest BCUT2D eigenvalue weighted by molar-refractivity contribution is 5.93. The van der Waals surface area contributed by atoms with Crippen LogP contribution in [-0.4, -0.2) is 41.3 Å². The van der Waals surface area contributed by atoms with E-state index in [-0.39, 0.29) is 11.8 Å². The summed E-state index contributed by atoms with van der Waals surface area (Å²) in [5.74, 6) is 0.496. The van der Waals surface area contributed by atoms with Crippen molar-refractivity contribution in [3.63, 3.8) is 0 Å². The van der Waals surface area contributed by atoms with Crippen molar-refractivity contribution in [2.75, 3.05) is 19.6 Å². The molecule has 28 heavy (non-hydrogen) atoms. The first kappa shape index (κ1) is 19.6. The Morgan fingerprint density at radius 2 is 2.11 bits per heavy atom. The molecule has 0 radical (unpaired) electrons. The normalized spacial score (nSPS) is 15.4. The fourth-order valence-electron chi connectivity index (χ4n) is 3.18. The van der Waals surface area contributed by atoms with Crippen LogP contribution in [0.1, 0.15) is 35.2 Å². The zero-order valence-corrected chi connectivity index (χ0v) is 15.8. The van der Waals surface area contributed by atoms with Gasteiger partial charge in [0.1, 0.15) is 6.26 Å². The molecule has 2 aromatic heterocycles. The number of hydrogen-bond acceptors (Lipinski definition) is 4. The van der Waals surface area contributed by atoms with Gasteiger partial charge in [0.05, 0.1) is 11.8 Å². The molecule has 2 amide bonds. The molecule has 1 N–H and O–H groups in total. The number of nitrogens with zero attached hydrogens (tertiary/aromatic N) is 2. The van der Waals surface area contributed by atoms with Crippen LogP contribution in [0.25, 0.3) is 6.08 Å². The third-order valence-corrected chi connectivity index (χ3v) is 4.81. The number of likely N-dealkylation sites (tertiary alicyclic amines) is 1. The van der Waals surface area contributed by atoms with E-state index in [1.165, 1.54) is 18.6 Å². The lowest BCUT2D eigenvalue weighted by molar-refractivity contribution is -0.116. The molecule has 3 heterocycles. The van der Waals surface area contributed by atoms with E-state index in [4.69, 9.17) is 4.42 Å². The molecule has 0 saturated carbocycles. The quantitative estimate of drug-likeness (QED) is 0.592. The summed E-state index contributed by atoms with van der Waals surface area (Å²) in [7, 11) is 0. The van der Waals surface area contributed by atoms with E-state index in [2.05, 4.69) is 16.4 Å². The van der Waals surface area contributed by atoms with Crippen LogP contribution in [0.5, 0.6) is 0 Å². The van der Waals surface area contributed by atoms with Crippen LogP contribution in [0, 0.1) is 5.92 Å². The molecule has 0 unspecified atom stereocenters. The molecule has 1 fully saturated rings. The van der Waals surface area contributed by atoms with Crippen LogP contribution in [0.3, 0.4) is 0 Å². The molecule has 3 rings (SSSR count). The van der Waals surface area contributed by atoms with Gasteiger partial charge >= 0.3 is 0 Å². The first-order valence-corrected chi connectivity index (χ1v) is 9.55. The van der Waals surface area contributed by atoms with Crippen LogP contribution >= 0.6 is 0 Å².